The van der Waals surface area contributed by atoms with Crippen LogP contribution in [0.5, 0.6) is 0 Å². The monoisotopic (exact) mass is 214 g/mol. The molecule has 1 fully saturated rings. The lowest BCUT2D eigenvalue weighted by Crippen LogP contribution is -2.41. The van der Waals surface area contributed by atoms with Gasteiger partial charge in [-0.15, -0.1) is 0 Å². The summed E-state index contributed by atoms with van der Waals surface area (Å²) in [5.74, 6) is -0.338. The van der Waals surface area contributed by atoms with Crippen molar-refractivity contribution in [2.45, 2.75) is 32.3 Å². The maximum atomic E-state index is 11.6. The van der Waals surface area contributed by atoms with E-state index < -0.39 is 6.10 Å². The van der Waals surface area contributed by atoms with Crippen LogP contribution in [0.4, 0.5) is 0 Å². The summed E-state index contributed by atoms with van der Waals surface area (Å²) in [4.78, 5) is 22.6. The fraction of sp³-hybridized carbons (Fsp3) is 0.800. The maximum Gasteiger partial charge on any atom is 0.223 e. The Bertz CT molecular complexity index is 241. The molecule has 5 heteroatoms. The molecular formula is C10H18N2O3. The Morgan fingerprint density at radius 3 is 3.07 bits per heavy atom. The molecule has 0 saturated carbocycles. The molecule has 0 spiro atoms. The zero-order valence-electron chi connectivity index (χ0n) is 8.95. The number of carbonyl (C=O) groups excluding carboxylic acids is 2. The summed E-state index contributed by atoms with van der Waals surface area (Å²) in [7, 11) is 0. The van der Waals surface area contributed by atoms with Gasteiger partial charge in [-0.2, -0.15) is 0 Å². The Morgan fingerprint density at radius 1 is 1.73 bits per heavy atom. The number of aliphatic hydroxyl groups is 1. The zero-order valence-corrected chi connectivity index (χ0v) is 8.95. The summed E-state index contributed by atoms with van der Waals surface area (Å²) < 4.78 is 0. The van der Waals surface area contributed by atoms with Crippen LogP contribution < -0.4 is 10.6 Å². The van der Waals surface area contributed by atoms with E-state index in [1.54, 1.807) is 6.92 Å². The average Bonchev–Trinajstić information content (AvgIpc) is 2.17. The third kappa shape index (κ3) is 4.29. The number of rotatable bonds is 4. The van der Waals surface area contributed by atoms with Crippen LogP contribution in [0.15, 0.2) is 0 Å². The Morgan fingerprint density at radius 2 is 2.47 bits per heavy atom. The van der Waals surface area contributed by atoms with Crippen LogP contribution in [0, 0.1) is 5.92 Å². The van der Waals surface area contributed by atoms with E-state index in [0.29, 0.717) is 25.9 Å². The van der Waals surface area contributed by atoms with Gasteiger partial charge in [0.25, 0.3) is 0 Å². The molecule has 1 rings (SSSR count). The molecule has 2 amide bonds. The topological polar surface area (TPSA) is 78.4 Å². The van der Waals surface area contributed by atoms with Crippen molar-refractivity contribution in [3.05, 3.63) is 0 Å². The van der Waals surface area contributed by atoms with Crippen LogP contribution >= 0.6 is 0 Å². The van der Waals surface area contributed by atoms with Crippen molar-refractivity contribution < 1.29 is 14.7 Å². The number of piperidine rings is 1. The Labute approximate surface area is 89.2 Å². The quantitative estimate of drug-likeness (QED) is 0.584. The first-order valence-electron chi connectivity index (χ1n) is 5.32. The highest BCUT2D eigenvalue weighted by molar-refractivity contribution is 5.86. The summed E-state index contributed by atoms with van der Waals surface area (Å²) in [6.07, 6.45) is 1.12. The van der Waals surface area contributed by atoms with E-state index in [4.69, 9.17) is 5.11 Å². The van der Waals surface area contributed by atoms with Crippen molar-refractivity contribution >= 4 is 11.8 Å². The molecule has 2 unspecified atom stereocenters. The van der Waals surface area contributed by atoms with Gasteiger partial charge in [0.1, 0.15) is 0 Å². The minimum Gasteiger partial charge on any atom is -0.393 e. The van der Waals surface area contributed by atoms with E-state index in [9.17, 15) is 9.59 Å². The molecule has 86 valence electrons. The fourth-order valence-corrected chi connectivity index (χ4v) is 1.56. The van der Waals surface area contributed by atoms with E-state index in [1.807, 2.05) is 0 Å². The number of amides is 2. The summed E-state index contributed by atoms with van der Waals surface area (Å²) in [6, 6.07) is 0. The van der Waals surface area contributed by atoms with Crippen LogP contribution in [0.2, 0.25) is 0 Å². The number of hydrogen-bond donors (Lipinski definition) is 3. The molecule has 0 aromatic carbocycles. The molecule has 3 N–H and O–H groups in total. The van der Waals surface area contributed by atoms with Gasteiger partial charge in [0.15, 0.2) is 0 Å². The first-order valence-corrected chi connectivity index (χ1v) is 5.32. The van der Waals surface area contributed by atoms with Crippen LogP contribution in [0.1, 0.15) is 26.2 Å². The van der Waals surface area contributed by atoms with E-state index in [2.05, 4.69) is 10.6 Å². The standard InChI is InChI=1S/C10H18N2O3/c1-7(13)2-4-12-10(15)8-3-5-11-9(14)6-8/h7-8,13H,2-6H2,1H3,(H,11,14)(H,12,15). The molecular weight excluding hydrogens is 196 g/mol. The van der Waals surface area contributed by atoms with E-state index >= 15 is 0 Å². The van der Waals surface area contributed by atoms with Crippen molar-refractivity contribution in [3.8, 4) is 0 Å². The van der Waals surface area contributed by atoms with Gasteiger partial charge in [0.2, 0.25) is 11.8 Å². The Kier molecular flexibility index (Phi) is 4.55. The summed E-state index contributed by atoms with van der Waals surface area (Å²) in [5, 5.41) is 14.4. The molecule has 0 bridgehead atoms. The lowest BCUT2D eigenvalue weighted by Gasteiger charge is -2.21. The number of hydrogen-bond acceptors (Lipinski definition) is 3. The molecule has 1 aliphatic heterocycles. The predicted octanol–water partition coefficient (Wildman–Crippen LogP) is -0.600. The van der Waals surface area contributed by atoms with Crippen LogP contribution in [-0.4, -0.2) is 36.1 Å². The van der Waals surface area contributed by atoms with Gasteiger partial charge in [-0.3, -0.25) is 9.59 Å². The van der Waals surface area contributed by atoms with Crippen LogP contribution in [-0.2, 0) is 9.59 Å². The smallest absolute Gasteiger partial charge is 0.223 e. The van der Waals surface area contributed by atoms with Gasteiger partial charge in [0.05, 0.1) is 6.10 Å². The highest BCUT2D eigenvalue weighted by atomic mass is 16.3. The molecule has 1 saturated heterocycles. The van der Waals surface area contributed by atoms with Crippen molar-refractivity contribution in [2.24, 2.45) is 5.92 Å². The molecule has 0 aromatic rings. The van der Waals surface area contributed by atoms with Gasteiger partial charge in [0, 0.05) is 25.4 Å². The van der Waals surface area contributed by atoms with Crippen molar-refractivity contribution in [2.75, 3.05) is 13.1 Å². The van der Waals surface area contributed by atoms with Crippen molar-refractivity contribution in [3.63, 3.8) is 0 Å². The molecule has 1 aliphatic rings. The highest BCUT2D eigenvalue weighted by Crippen LogP contribution is 2.12. The third-order valence-corrected chi connectivity index (χ3v) is 2.48. The van der Waals surface area contributed by atoms with Crippen molar-refractivity contribution in [1.29, 1.82) is 0 Å². The van der Waals surface area contributed by atoms with E-state index in [-0.39, 0.29) is 24.2 Å². The lowest BCUT2D eigenvalue weighted by molar-refractivity contribution is -0.132. The summed E-state index contributed by atoms with van der Waals surface area (Å²) >= 11 is 0. The second-order valence-electron chi connectivity index (χ2n) is 3.97. The van der Waals surface area contributed by atoms with E-state index in [0.717, 1.165) is 0 Å². The Balaban J connectivity index is 2.24. The second kappa shape index (κ2) is 5.70. The predicted molar refractivity (Wildman–Crippen MR) is 55.0 cm³/mol. The van der Waals surface area contributed by atoms with Gasteiger partial charge < -0.3 is 15.7 Å². The lowest BCUT2D eigenvalue weighted by atomic mass is 9.97. The van der Waals surface area contributed by atoms with Crippen molar-refractivity contribution in [1.82, 2.24) is 10.6 Å². The Hall–Kier alpha value is -1.10. The maximum absolute atomic E-state index is 11.6. The normalized spacial score (nSPS) is 23.1. The molecule has 0 aromatic heterocycles. The van der Waals surface area contributed by atoms with Gasteiger partial charge >= 0.3 is 0 Å². The van der Waals surface area contributed by atoms with Crippen LogP contribution in [0.3, 0.4) is 0 Å². The van der Waals surface area contributed by atoms with Gasteiger partial charge in [-0.1, -0.05) is 0 Å². The average molecular weight is 214 g/mol. The summed E-state index contributed by atoms with van der Waals surface area (Å²) in [6.45, 7) is 2.72. The first kappa shape index (κ1) is 12.0. The second-order valence-corrected chi connectivity index (χ2v) is 3.97. The first-order chi connectivity index (χ1) is 7.09. The molecule has 15 heavy (non-hydrogen) atoms. The third-order valence-electron chi connectivity index (χ3n) is 2.48. The number of carbonyl (C=O) groups is 2. The molecule has 1 heterocycles. The molecule has 5 nitrogen and oxygen atoms in total. The molecule has 2 atom stereocenters. The molecule has 0 radical (unpaired) electrons. The van der Waals surface area contributed by atoms with E-state index in [1.165, 1.54) is 0 Å². The number of nitrogens with one attached hydrogen (secondary N) is 2. The van der Waals surface area contributed by atoms with Gasteiger partial charge in [-0.25, -0.2) is 0 Å². The highest BCUT2D eigenvalue weighted by Gasteiger charge is 2.24. The number of aliphatic hydroxyl groups excluding tert-OH is 1. The van der Waals surface area contributed by atoms with Gasteiger partial charge in [-0.05, 0) is 19.8 Å². The largest absolute Gasteiger partial charge is 0.393 e. The minimum absolute atomic E-state index is 0.0584. The van der Waals surface area contributed by atoms with Crippen LogP contribution in [0.25, 0.3) is 0 Å². The molecule has 0 aliphatic carbocycles. The minimum atomic E-state index is -0.403. The SMILES string of the molecule is CC(O)CCNC(=O)C1CCNC(=O)C1. The summed E-state index contributed by atoms with van der Waals surface area (Å²) in [5.41, 5.74) is 0. The zero-order chi connectivity index (χ0) is 11.3. The fourth-order valence-electron chi connectivity index (χ4n) is 1.56.